The molecule has 0 amide bonds. The van der Waals surface area contributed by atoms with E-state index in [0.29, 0.717) is 0 Å². The highest BCUT2D eigenvalue weighted by Crippen LogP contribution is 2.23. The molecular formula is C15H27N3S. The third-order valence-corrected chi connectivity index (χ3v) is 4.81. The molecule has 0 atom stereocenters. The number of nitrogens with one attached hydrogen (secondary N) is 1. The molecule has 0 unspecified atom stereocenters. The highest BCUT2D eigenvalue weighted by molar-refractivity contribution is 7.09. The predicted molar refractivity (Wildman–Crippen MR) is 82.5 cm³/mol. The summed E-state index contributed by atoms with van der Waals surface area (Å²) < 4.78 is 0. The van der Waals surface area contributed by atoms with E-state index in [4.69, 9.17) is 4.98 Å². The number of hydrogen-bond donors (Lipinski definition) is 1. The number of rotatable bonds is 7. The average molecular weight is 281 g/mol. The van der Waals surface area contributed by atoms with Gasteiger partial charge in [0, 0.05) is 24.5 Å². The van der Waals surface area contributed by atoms with Crippen molar-refractivity contribution < 1.29 is 0 Å². The van der Waals surface area contributed by atoms with Crippen LogP contribution in [0, 0.1) is 0 Å². The summed E-state index contributed by atoms with van der Waals surface area (Å²) in [6, 6.07) is 0.775. The zero-order chi connectivity index (χ0) is 13.5. The van der Waals surface area contributed by atoms with Gasteiger partial charge in [-0.15, -0.1) is 11.3 Å². The van der Waals surface area contributed by atoms with Gasteiger partial charge in [0.25, 0.3) is 0 Å². The molecule has 1 N–H and O–H groups in total. The van der Waals surface area contributed by atoms with Crippen molar-refractivity contribution in [2.45, 2.75) is 64.6 Å². The smallest absolute Gasteiger partial charge is 0.107 e. The van der Waals surface area contributed by atoms with Crippen LogP contribution < -0.4 is 5.32 Å². The fourth-order valence-electron chi connectivity index (χ4n) is 2.78. The van der Waals surface area contributed by atoms with Crippen molar-refractivity contribution in [2.24, 2.45) is 0 Å². The van der Waals surface area contributed by atoms with Gasteiger partial charge in [-0.1, -0.05) is 26.2 Å². The van der Waals surface area contributed by atoms with Crippen molar-refractivity contribution in [1.82, 2.24) is 15.2 Å². The molecule has 1 aliphatic rings. The van der Waals surface area contributed by atoms with Crippen molar-refractivity contribution >= 4 is 11.3 Å². The second-order valence-corrected chi connectivity index (χ2v) is 6.56. The molecule has 1 fully saturated rings. The average Bonchev–Trinajstić information content (AvgIpc) is 2.88. The lowest BCUT2D eigenvalue weighted by Gasteiger charge is -2.30. The van der Waals surface area contributed by atoms with Crippen molar-refractivity contribution in [3.8, 4) is 0 Å². The maximum Gasteiger partial charge on any atom is 0.107 e. The molecule has 0 bridgehead atoms. The summed E-state index contributed by atoms with van der Waals surface area (Å²) >= 11 is 1.79. The molecule has 4 heteroatoms. The Labute approximate surface area is 121 Å². The molecule has 0 aliphatic heterocycles. The zero-order valence-corrected chi connectivity index (χ0v) is 13.1. The quantitative estimate of drug-likeness (QED) is 0.776. The van der Waals surface area contributed by atoms with Gasteiger partial charge in [0.2, 0.25) is 0 Å². The van der Waals surface area contributed by atoms with Crippen LogP contribution in [0.15, 0.2) is 5.38 Å². The summed E-state index contributed by atoms with van der Waals surface area (Å²) in [5, 5.41) is 6.86. The Hall–Kier alpha value is -0.450. The minimum absolute atomic E-state index is 0.775. The van der Waals surface area contributed by atoms with Crippen LogP contribution in [-0.4, -0.2) is 29.5 Å². The fraction of sp³-hybridized carbons (Fsp3) is 0.800. The van der Waals surface area contributed by atoms with Gasteiger partial charge in [-0.3, -0.25) is 4.90 Å². The van der Waals surface area contributed by atoms with E-state index < -0.39 is 0 Å². The summed E-state index contributed by atoms with van der Waals surface area (Å²) in [5.41, 5.74) is 1.24. The van der Waals surface area contributed by atoms with Gasteiger partial charge >= 0.3 is 0 Å². The minimum atomic E-state index is 0.775. The monoisotopic (exact) mass is 281 g/mol. The van der Waals surface area contributed by atoms with E-state index in [1.807, 2.05) is 0 Å². The second kappa shape index (κ2) is 7.98. The maximum atomic E-state index is 4.73. The fourth-order valence-corrected chi connectivity index (χ4v) is 3.54. The number of thiazole rings is 1. The van der Waals surface area contributed by atoms with Gasteiger partial charge < -0.3 is 5.32 Å². The van der Waals surface area contributed by atoms with Gasteiger partial charge in [-0.05, 0) is 32.9 Å². The third kappa shape index (κ3) is 4.86. The molecule has 3 nitrogen and oxygen atoms in total. The van der Waals surface area contributed by atoms with Crippen LogP contribution in [0.1, 0.15) is 56.2 Å². The first-order valence-corrected chi connectivity index (χ1v) is 8.51. The molecule has 0 aromatic carbocycles. The van der Waals surface area contributed by atoms with Crippen LogP contribution in [-0.2, 0) is 13.1 Å². The summed E-state index contributed by atoms with van der Waals surface area (Å²) in [6.45, 7) is 5.21. The van der Waals surface area contributed by atoms with Crippen LogP contribution in [0.4, 0.5) is 0 Å². The van der Waals surface area contributed by atoms with Crippen molar-refractivity contribution in [3.63, 3.8) is 0 Å². The Morgan fingerprint density at radius 1 is 1.37 bits per heavy atom. The van der Waals surface area contributed by atoms with E-state index in [9.17, 15) is 0 Å². The molecule has 1 heterocycles. The first-order chi connectivity index (χ1) is 9.29. The van der Waals surface area contributed by atoms with E-state index in [-0.39, 0.29) is 0 Å². The largest absolute Gasteiger partial charge is 0.310 e. The van der Waals surface area contributed by atoms with E-state index in [0.717, 1.165) is 25.7 Å². The standard InChI is InChI=1S/C15H27N3S/c1-3-9-16-10-15-17-13(12-19-15)11-18(2)14-7-5-4-6-8-14/h12,14,16H,3-11H2,1-2H3. The lowest BCUT2D eigenvalue weighted by Crippen LogP contribution is -2.32. The molecule has 0 saturated heterocycles. The molecule has 1 saturated carbocycles. The lowest BCUT2D eigenvalue weighted by atomic mass is 9.94. The highest BCUT2D eigenvalue weighted by atomic mass is 32.1. The molecule has 2 rings (SSSR count). The van der Waals surface area contributed by atoms with Crippen LogP contribution >= 0.6 is 11.3 Å². The Morgan fingerprint density at radius 3 is 2.89 bits per heavy atom. The van der Waals surface area contributed by atoms with Crippen LogP contribution in [0.2, 0.25) is 0 Å². The molecular weight excluding hydrogens is 254 g/mol. The number of nitrogens with zero attached hydrogens (tertiary/aromatic N) is 2. The first-order valence-electron chi connectivity index (χ1n) is 7.64. The third-order valence-electron chi connectivity index (χ3n) is 3.91. The SMILES string of the molecule is CCCNCc1nc(CN(C)C2CCCCC2)cs1. The van der Waals surface area contributed by atoms with Gasteiger partial charge in [0.1, 0.15) is 5.01 Å². The van der Waals surface area contributed by atoms with E-state index in [2.05, 4.69) is 29.6 Å². The molecule has 1 aromatic heterocycles. The maximum absolute atomic E-state index is 4.73. The topological polar surface area (TPSA) is 28.2 Å². The zero-order valence-electron chi connectivity index (χ0n) is 12.3. The first kappa shape index (κ1) is 14.9. The normalized spacial score (nSPS) is 17.2. The van der Waals surface area contributed by atoms with Crippen molar-refractivity contribution in [1.29, 1.82) is 0 Å². The Balaban J connectivity index is 1.78. The van der Waals surface area contributed by atoms with Crippen LogP contribution in [0.25, 0.3) is 0 Å². The van der Waals surface area contributed by atoms with Crippen LogP contribution in [0.3, 0.4) is 0 Å². The van der Waals surface area contributed by atoms with Crippen molar-refractivity contribution in [2.75, 3.05) is 13.6 Å². The summed E-state index contributed by atoms with van der Waals surface area (Å²) in [7, 11) is 2.25. The van der Waals surface area contributed by atoms with Gasteiger partial charge in [-0.25, -0.2) is 4.98 Å². The Kier molecular flexibility index (Phi) is 6.28. The Morgan fingerprint density at radius 2 is 2.16 bits per heavy atom. The van der Waals surface area contributed by atoms with E-state index in [1.54, 1.807) is 11.3 Å². The summed E-state index contributed by atoms with van der Waals surface area (Å²) in [5.74, 6) is 0. The molecule has 0 spiro atoms. The van der Waals surface area contributed by atoms with Crippen molar-refractivity contribution in [3.05, 3.63) is 16.1 Å². The molecule has 1 aliphatic carbocycles. The van der Waals surface area contributed by atoms with E-state index in [1.165, 1.54) is 49.2 Å². The van der Waals surface area contributed by atoms with Gasteiger partial charge in [0.05, 0.1) is 5.69 Å². The molecule has 19 heavy (non-hydrogen) atoms. The number of hydrogen-bond acceptors (Lipinski definition) is 4. The summed E-state index contributed by atoms with van der Waals surface area (Å²) in [6.07, 6.45) is 8.14. The van der Waals surface area contributed by atoms with Crippen LogP contribution in [0.5, 0.6) is 0 Å². The lowest BCUT2D eigenvalue weighted by molar-refractivity contribution is 0.183. The number of aromatic nitrogens is 1. The van der Waals surface area contributed by atoms with E-state index >= 15 is 0 Å². The van der Waals surface area contributed by atoms with Gasteiger partial charge in [0.15, 0.2) is 0 Å². The molecule has 1 aromatic rings. The molecule has 108 valence electrons. The minimum Gasteiger partial charge on any atom is -0.310 e. The highest BCUT2D eigenvalue weighted by Gasteiger charge is 2.18. The summed E-state index contributed by atoms with van der Waals surface area (Å²) in [4.78, 5) is 7.23. The predicted octanol–water partition coefficient (Wildman–Crippen LogP) is 3.41. The Bertz CT molecular complexity index is 358. The second-order valence-electron chi connectivity index (χ2n) is 5.62. The van der Waals surface area contributed by atoms with Gasteiger partial charge in [-0.2, -0.15) is 0 Å². The molecule has 0 radical (unpaired) electrons.